The molecule has 9 heteroatoms. The first-order valence-corrected chi connectivity index (χ1v) is 8.37. The smallest absolute Gasteiger partial charge is 0.251 e. The summed E-state index contributed by atoms with van der Waals surface area (Å²) >= 11 is 0. The Bertz CT molecular complexity index is 825. The van der Waals surface area contributed by atoms with Crippen LogP contribution in [0.25, 0.3) is 0 Å². The van der Waals surface area contributed by atoms with Crippen molar-refractivity contribution in [2.45, 2.75) is 33.0 Å². The zero-order chi connectivity index (χ0) is 18.4. The molecule has 0 fully saturated rings. The number of carbonyl (C=O) groups is 1. The van der Waals surface area contributed by atoms with Crippen molar-refractivity contribution in [2.75, 3.05) is 6.54 Å². The first-order valence-electron chi connectivity index (χ1n) is 8.37. The zero-order valence-corrected chi connectivity index (χ0v) is 14.7. The van der Waals surface area contributed by atoms with E-state index in [0.29, 0.717) is 30.2 Å². The normalized spacial score (nSPS) is 10.9. The van der Waals surface area contributed by atoms with Crippen LogP contribution in [0.3, 0.4) is 0 Å². The lowest BCUT2D eigenvalue weighted by atomic mass is 10.2. The van der Waals surface area contributed by atoms with E-state index >= 15 is 0 Å². The van der Waals surface area contributed by atoms with E-state index in [2.05, 4.69) is 25.8 Å². The predicted octanol–water partition coefficient (Wildman–Crippen LogP) is 1.46. The Hall–Kier alpha value is -3.23. The van der Waals surface area contributed by atoms with Crippen LogP contribution in [0.15, 0.2) is 43.0 Å². The molecule has 3 aromatic rings. The van der Waals surface area contributed by atoms with Crippen LogP contribution in [-0.4, -0.2) is 42.2 Å². The van der Waals surface area contributed by atoms with E-state index in [1.54, 1.807) is 41.5 Å². The van der Waals surface area contributed by atoms with Crippen molar-refractivity contribution in [3.05, 3.63) is 54.4 Å². The molecule has 0 atom stereocenters. The average Bonchev–Trinajstić information content (AvgIpc) is 3.32. The molecule has 1 aromatic carbocycles. The van der Waals surface area contributed by atoms with Gasteiger partial charge in [-0.2, -0.15) is 0 Å². The number of ether oxygens (including phenoxy) is 1. The van der Waals surface area contributed by atoms with Gasteiger partial charge in [-0.3, -0.25) is 4.79 Å². The molecule has 0 spiro atoms. The number of aromatic nitrogens is 6. The molecule has 26 heavy (non-hydrogen) atoms. The summed E-state index contributed by atoms with van der Waals surface area (Å²) in [7, 11) is 0. The summed E-state index contributed by atoms with van der Waals surface area (Å²) in [5, 5.41) is 14.4. The Morgan fingerprint density at radius 1 is 1.27 bits per heavy atom. The van der Waals surface area contributed by atoms with Crippen molar-refractivity contribution < 1.29 is 9.53 Å². The second-order valence-corrected chi connectivity index (χ2v) is 6.00. The third kappa shape index (κ3) is 4.44. The summed E-state index contributed by atoms with van der Waals surface area (Å²) in [4.78, 5) is 16.1. The molecule has 0 aliphatic heterocycles. The number of nitrogens with zero attached hydrogens (tertiary/aromatic N) is 6. The molecule has 0 saturated carbocycles. The molecule has 9 nitrogen and oxygen atoms in total. The second-order valence-electron chi connectivity index (χ2n) is 6.00. The molecule has 1 N–H and O–H groups in total. The van der Waals surface area contributed by atoms with Crippen LogP contribution < -0.4 is 10.1 Å². The summed E-state index contributed by atoms with van der Waals surface area (Å²) in [6.07, 6.45) is 5.28. The molecule has 136 valence electrons. The Kier molecular flexibility index (Phi) is 5.57. The van der Waals surface area contributed by atoms with Crippen LogP contribution in [0.4, 0.5) is 0 Å². The molecule has 2 heterocycles. The number of imidazole rings is 1. The maximum atomic E-state index is 12.1. The van der Waals surface area contributed by atoms with Gasteiger partial charge in [0.1, 0.15) is 12.4 Å². The highest BCUT2D eigenvalue weighted by molar-refractivity contribution is 5.94. The highest BCUT2D eigenvalue weighted by Gasteiger charge is 2.10. The van der Waals surface area contributed by atoms with Gasteiger partial charge in [-0.15, -0.1) is 5.10 Å². The zero-order valence-electron chi connectivity index (χ0n) is 14.7. The molecule has 0 aliphatic carbocycles. The number of rotatable bonds is 8. The first kappa shape index (κ1) is 17.6. The van der Waals surface area contributed by atoms with E-state index in [0.717, 1.165) is 0 Å². The quantitative estimate of drug-likeness (QED) is 0.657. The number of amides is 1. The first-order chi connectivity index (χ1) is 12.6. The number of hydrogen-bond acceptors (Lipinski definition) is 6. The van der Waals surface area contributed by atoms with Crippen molar-refractivity contribution >= 4 is 5.91 Å². The Morgan fingerprint density at radius 3 is 2.77 bits per heavy atom. The minimum atomic E-state index is -0.125. The van der Waals surface area contributed by atoms with Crippen LogP contribution >= 0.6 is 0 Å². The Balaban J connectivity index is 1.49. The van der Waals surface area contributed by atoms with Crippen LogP contribution in [0.2, 0.25) is 0 Å². The average molecular weight is 355 g/mol. The minimum absolute atomic E-state index is 0.125. The summed E-state index contributed by atoms with van der Waals surface area (Å²) in [6.45, 7) is 5.48. The lowest BCUT2D eigenvalue weighted by molar-refractivity contribution is 0.0952. The lowest BCUT2D eigenvalue weighted by Gasteiger charge is -2.10. The molecule has 3 rings (SSSR count). The number of tetrazole rings is 1. The fraction of sp³-hybridized carbons (Fsp3) is 0.353. The number of hydrogen-bond donors (Lipinski definition) is 1. The lowest BCUT2D eigenvalue weighted by Crippen LogP contribution is -2.26. The topological polar surface area (TPSA) is 99.8 Å². The molecule has 1 amide bonds. The summed E-state index contributed by atoms with van der Waals surface area (Å²) in [5.41, 5.74) is 0.579. The second kappa shape index (κ2) is 8.24. The standard InChI is InChI=1S/C17H21N7O2/c1-13(2)24-16(20-21-22-24)11-26-15-5-3-14(4-6-15)17(25)19-8-10-23-9-7-18-12-23/h3-7,9,12-13H,8,10-11H2,1-2H3,(H,19,25). The van der Waals surface area contributed by atoms with Gasteiger partial charge in [-0.25, -0.2) is 9.67 Å². The maximum Gasteiger partial charge on any atom is 0.251 e. The van der Waals surface area contributed by atoms with Gasteiger partial charge in [0.25, 0.3) is 5.91 Å². The van der Waals surface area contributed by atoms with E-state index in [9.17, 15) is 4.79 Å². The molecule has 2 aromatic heterocycles. The highest BCUT2D eigenvalue weighted by atomic mass is 16.5. The van der Waals surface area contributed by atoms with Crippen molar-refractivity contribution in [1.29, 1.82) is 0 Å². The molecule has 0 bridgehead atoms. The van der Waals surface area contributed by atoms with Gasteiger partial charge in [0.2, 0.25) is 0 Å². The van der Waals surface area contributed by atoms with Gasteiger partial charge in [0.05, 0.1) is 12.4 Å². The van der Waals surface area contributed by atoms with E-state index < -0.39 is 0 Å². The number of benzene rings is 1. The van der Waals surface area contributed by atoms with Crippen LogP contribution in [-0.2, 0) is 13.2 Å². The predicted molar refractivity (Wildman–Crippen MR) is 93.5 cm³/mol. The molecule has 0 radical (unpaired) electrons. The van der Waals surface area contributed by atoms with E-state index in [-0.39, 0.29) is 18.6 Å². The fourth-order valence-corrected chi connectivity index (χ4v) is 2.38. The summed E-state index contributed by atoms with van der Waals surface area (Å²) in [6, 6.07) is 7.14. The molecular formula is C17H21N7O2. The third-order valence-electron chi connectivity index (χ3n) is 3.75. The van der Waals surface area contributed by atoms with Gasteiger partial charge in [-0.05, 0) is 48.5 Å². The third-order valence-corrected chi connectivity index (χ3v) is 3.75. The van der Waals surface area contributed by atoms with Crippen molar-refractivity contribution in [2.24, 2.45) is 0 Å². The maximum absolute atomic E-state index is 12.1. The van der Waals surface area contributed by atoms with Gasteiger partial charge in [0, 0.05) is 31.0 Å². The summed E-state index contributed by atoms with van der Waals surface area (Å²) < 4.78 is 9.32. The van der Waals surface area contributed by atoms with Crippen LogP contribution in [0.1, 0.15) is 36.1 Å². The van der Waals surface area contributed by atoms with Crippen LogP contribution in [0.5, 0.6) is 5.75 Å². The van der Waals surface area contributed by atoms with E-state index in [1.165, 1.54) is 0 Å². The number of nitrogens with one attached hydrogen (secondary N) is 1. The highest BCUT2D eigenvalue weighted by Crippen LogP contribution is 2.14. The Labute approximate surface area is 151 Å². The van der Waals surface area contributed by atoms with E-state index in [4.69, 9.17) is 4.74 Å². The van der Waals surface area contributed by atoms with E-state index in [1.807, 2.05) is 24.6 Å². The Morgan fingerprint density at radius 2 is 2.08 bits per heavy atom. The SMILES string of the molecule is CC(C)n1nnnc1COc1ccc(C(=O)NCCn2ccnc2)cc1. The van der Waals surface area contributed by atoms with Crippen LogP contribution in [0, 0.1) is 0 Å². The number of carbonyl (C=O) groups excluding carboxylic acids is 1. The fourth-order valence-electron chi connectivity index (χ4n) is 2.38. The molecule has 0 saturated heterocycles. The van der Waals surface area contributed by atoms with Crippen molar-refractivity contribution in [1.82, 2.24) is 35.1 Å². The van der Waals surface area contributed by atoms with Gasteiger partial charge >= 0.3 is 0 Å². The van der Waals surface area contributed by atoms with Gasteiger partial charge < -0.3 is 14.6 Å². The van der Waals surface area contributed by atoms with Gasteiger partial charge in [0.15, 0.2) is 5.82 Å². The molecular weight excluding hydrogens is 334 g/mol. The molecule has 0 unspecified atom stereocenters. The monoisotopic (exact) mass is 355 g/mol. The van der Waals surface area contributed by atoms with Gasteiger partial charge in [-0.1, -0.05) is 0 Å². The minimum Gasteiger partial charge on any atom is -0.486 e. The molecule has 0 aliphatic rings. The van der Waals surface area contributed by atoms with Crippen molar-refractivity contribution in [3.8, 4) is 5.75 Å². The summed E-state index contributed by atoms with van der Waals surface area (Å²) in [5.74, 6) is 1.18. The largest absolute Gasteiger partial charge is 0.486 e. The van der Waals surface area contributed by atoms with Crippen molar-refractivity contribution in [3.63, 3.8) is 0 Å².